The lowest BCUT2D eigenvalue weighted by Gasteiger charge is -2.44. The van der Waals surface area contributed by atoms with Gasteiger partial charge in [-0.1, -0.05) is 34.6 Å². The number of fused-ring (bicyclic) bond motifs is 2. The van der Waals surface area contributed by atoms with Crippen LogP contribution >= 0.6 is 0 Å². The normalized spacial score (nSPS) is 36.4. The van der Waals surface area contributed by atoms with Crippen LogP contribution in [0.3, 0.4) is 0 Å². The van der Waals surface area contributed by atoms with Crippen molar-refractivity contribution in [2.75, 3.05) is 7.11 Å². The lowest BCUT2D eigenvalue weighted by Crippen LogP contribution is -2.56. The van der Waals surface area contributed by atoms with Crippen LogP contribution in [0.4, 0.5) is 0 Å². The van der Waals surface area contributed by atoms with E-state index in [1.165, 1.54) is 26.4 Å². The van der Waals surface area contributed by atoms with Crippen molar-refractivity contribution in [3.05, 3.63) is 0 Å². The van der Waals surface area contributed by atoms with Crippen LogP contribution in [0.5, 0.6) is 0 Å². The van der Waals surface area contributed by atoms with Crippen LogP contribution in [0, 0.1) is 22.7 Å². The molecule has 2 saturated carbocycles. The lowest BCUT2D eigenvalue weighted by atomic mass is 9.68. The summed E-state index contributed by atoms with van der Waals surface area (Å²) in [5.41, 5.74) is 0.619. The second-order valence-corrected chi connectivity index (χ2v) is 8.22. The number of methoxy groups -OCH3 is 1. The van der Waals surface area contributed by atoms with E-state index in [2.05, 4.69) is 39.9 Å². The molecule has 2 bridgehead atoms. The van der Waals surface area contributed by atoms with E-state index in [0.717, 1.165) is 12.3 Å². The summed E-state index contributed by atoms with van der Waals surface area (Å²) < 4.78 is 5.00. The third-order valence-electron chi connectivity index (χ3n) is 5.83. The fourth-order valence-corrected chi connectivity index (χ4v) is 4.77. The smallest absolute Gasteiger partial charge is 0.322 e. The number of hydrogen-bond acceptors (Lipinski definition) is 3. The molecule has 1 N–H and O–H groups in total. The van der Waals surface area contributed by atoms with Gasteiger partial charge in [-0.05, 0) is 48.3 Å². The Labute approximate surface area is 123 Å². The highest BCUT2D eigenvalue weighted by atomic mass is 16.5. The van der Waals surface area contributed by atoms with Gasteiger partial charge in [-0.3, -0.25) is 4.79 Å². The van der Waals surface area contributed by atoms with Crippen molar-refractivity contribution in [3.63, 3.8) is 0 Å². The van der Waals surface area contributed by atoms with Crippen LogP contribution < -0.4 is 5.32 Å². The Hall–Kier alpha value is -0.570. The molecule has 0 saturated heterocycles. The van der Waals surface area contributed by atoms with Crippen molar-refractivity contribution in [2.45, 2.75) is 72.4 Å². The first-order valence-electron chi connectivity index (χ1n) is 8.04. The molecule has 2 fully saturated rings. The van der Waals surface area contributed by atoms with Gasteiger partial charge in [0.15, 0.2) is 0 Å². The van der Waals surface area contributed by atoms with Gasteiger partial charge in [-0.2, -0.15) is 0 Å². The number of carbonyl (C=O) groups is 1. The van der Waals surface area contributed by atoms with E-state index < -0.39 is 0 Å². The lowest BCUT2D eigenvalue weighted by molar-refractivity contribution is -0.144. The van der Waals surface area contributed by atoms with Crippen molar-refractivity contribution in [1.82, 2.24) is 5.32 Å². The molecule has 0 amide bonds. The van der Waals surface area contributed by atoms with Crippen LogP contribution in [0.25, 0.3) is 0 Å². The molecular weight excluding hydrogens is 250 g/mol. The van der Waals surface area contributed by atoms with Crippen LogP contribution in [0.1, 0.15) is 60.3 Å². The second kappa shape index (κ2) is 5.32. The first-order valence-corrected chi connectivity index (χ1v) is 8.04. The molecule has 4 unspecified atom stereocenters. The van der Waals surface area contributed by atoms with Crippen LogP contribution in [0.2, 0.25) is 0 Å². The average molecular weight is 281 g/mol. The first kappa shape index (κ1) is 15.8. The second-order valence-electron chi connectivity index (χ2n) is 8.22. The third-order valence-corrected chi connectivity index (χ3v) is 5.83. The van der Waals surface area contributed by atoms with E-state index in [1.54, 1.807) is 0 Å². The Morgan fingerprint density at radius 3 is 2.45 bits per heavy atom. The van der Waals surface area contributed by atoms with Gasteiger partial charge in [0.05, 0.1) is 7.11 Å². The molecule has 3 nitrogen and oxygen atoms in total. The Balaban J connectivity index is 2.15. The van der Waals surface area contributed by atoms with Crippen molar-refractivity contribution in [3.8, 4) is 0 Å². The van der Waals surface area contributed by atoms with E-state index >= 15 is 0 Å². The van der Waals surface area contributed by atoms with Crippen LogP contribution in [-0.2, 0) is 9.53 Å². The average Bonchev–Trinajstić information content (AvgIpc) is 2.82. The molecule has 0 aliphatic heterocycles. The molecule has 0 aromatic rings. The van der Waals surface area contributed by atoms with Crippen LogP contribution in [-0.4, -0.2) is 25.2 Å². The van der Waals surface area contributed by atoms with Gasteiger partial charge < -0.3 is 10.1 Å². The van der Waals surface area contributed by atoms with Gasteiger partial charge in [0, 0.05) is 6.04 Å². The molecule has 0 spiro atoms. The Morgan fingerprint density at radius 2 is 2.00 bits per heavy atom. The quantitative estimate of drug-likeness (QED) is 0.785. The highest BCUT2D eigenvalue weighted by molar-refractivity contribution is 5.75. The fourth-order valence-electron chi connectivity index (χ4n) is 4.77. The largest absolute Gasteiger partial charge is 0.468 e. The van der Waals surface area contributed by atoms with Gasteiger partial charge in [0.25, 0.3) is 0 Å². The minimum absolute atomic E-state index is 0.110. The molecule has 20 heavy (non-hydrogen) atoms. The molecule has 2 aliphatic rings. The van der Waals surface area contributed by atoms with Crippen LogP contribution in [0.15, 0.2) is 0 Å². The molecule has 4 atom stereocenters. The summed E-state index contributed by atoms with van der Waals surface area (Å²) in [5.74, 6) is 1.17. The molecule has 0 radical (unpaired) electrons. The first-order chi connectivity index (χ1) is 9.20. The van der Waals surface area contributed by atoms with Crippen molar-refractivity contribution >= 4 is 5.97 Å². The number of esters is 1. The fraction of sp³-hybridized carbons (Fsp3) is 0.941. The maximum Gasteiger partial charge on any atom is 0.322 e. The van der Waals surface area contributed by atoms with Gasteiger partial charge in [0.2, 0.25) is 0 Å². The predicted molar refractivity (Wildman–Crippen MR) is 81.4 cm³/mol. The summed E-state index contributed by atoms with van der Waals surface area (Å²) in [6.45, 7) is 11.4. The molecule has 0 heterocycles. The number of ether oxygens (including phenoxy) is 1. The molecule has 0 aromatic carbocycles. The van der Waals surface area contributed by atoms with Gasteiger partial charge >= 0.3 is 5.97 Å². The number of hydrogen-bond donors (Lipinski definition) is 1. The summed E-state index contributed by atoms with van der Waals surface area (Å²) >= 11 is 0. The molecule has 2 rings (SSSR count). The Morgan fingerprint density at radius 1 is 1.35 bits per heavy atom. The van der Waals surface area contributed by atoms with Crippen molar-refractivity contribution in [1.29, 1.82) is 0 Å². The highest BCUT2D eigenvalue weighted by Crippen LogP contribution is 2.62. The van der Waals surface area contributed by atoms with Crippen molar-refractivity contribution < 1.29 is 9.53 Å². The van der Waals surface area contributed by atoms with Gasteiger partial charge in [0.1, 0.15) is 6.04 Å². The molecular formula is C17H31NO2. The van der Waals surface area contributed by atoms with Gasteiger partial charge in [-0.25, -0.2) is 0 Å². The molecule has 116 valence electrons. The van der Waals surface area contributed by atoms with Gasteiger partial charge in [-0.15, -0.1) is 0 Å². The SMILES string of the molecule is COC(=O)C(CC(C)C)NC1C2(C)CCC(C2)C1(C)C. The maximum atomic E-state index is 12.1. The highest BCUT2D eigenvalue weighted by Gasteiger charge is 2.59. The van der Waals surface area contributed by atoms with E-state index in [4.69, 9.17) is 4.74 Å². The summed E-state index contributed by atoms with van der Waals surface area (Å²) in [7, 11) is 1.49. The molecule has 0 aromatic heterocycles. The summed E-state index contributed by atoms with van der Waals surface area (Å²) in [5, 5.41) is 3.69. The minimum Gasteiger partial charge on any atom is -0.468 e. The molecule has 2 aliphatic carbocycles. The zero-order chi connectivity index (χ0) is 15.1. The van der Waals surface area contributed by atoms with E-state index in [9.17, 15) is 4.79 Å². The van der Waals surface area contributed by atoms with E-state index in [-0.39, 0.29) is 17.4 Å². The third kappa shape index (κ3) is 2.61. The molecule has 3 heteroatoms. The van der Waals surface area contributed by atoms with Crippen molar-refractivity contribution in [2.24, 2.45) is 22.7 Å². The predicted octanol–water partition coefficient (Wildman–Crippen LogP) is 3.38. The van der Waals surface area contributed by atoms with E-state index in [0.29, 0.717) is 17.4 Å². The zero-order valence-electron chi connectivity index (χ0n) is 14.0. The zero-order valence-corrected chi connectivity index (χ0v) is 14.0. The topological polar surface area (TPSA) is 38.3 Å². The summed E-state index contributed by atoms with van der Waals surface area (Å²) in [6.07, 6.45) is 4.77. The monoisotopic (exact) mass is 281 g/mol. The summed E-state index contributed by atoms with van der Waals surface area (Å²) in [4.78, 5) is 12.1. The maximum absolute atomic E-state index is 12.1. The minimum atomic E-state index is -0.166. The van der Waals surface area contributed by atoms with E-state index in [1.807, 2.05) is 0 Å². The Kier molecular flexibility index (Phi) is 4.21. The number of carbonyl (C=O) groups excluding carboxylic acids is 1. The Bertz CT molecular complexity index is 372. The number of nitrogens with one attached hydrogen (secondary N) is 1. The number of rotatable bonds is 5. The summed E-state index contributed by atoms with van der Waals surface area (Å²) in [6, 6.07) is 0.247. The standard InChI is InChI=1S/C17H31NO2/c1-11(2)9-13(14(19)20-6)18-15-16(3,4)12-7-8-17(15,5)10-12/h11-13,15,18H,7-10H2,1-6H3.